The largest absolute Gasteiger partial charge is 0.325 e. The number of anilines is 1. The summed E-state index contributed by atoms with van der Waals surface area (Å²) >= 11 is 1.66. The number of nitrogens with zero attached hydrogens (tertiary/aromatic N) is 4. The SMILES string of the molecule is CCCCn1c(=O)c2ccccc2n2c(SCC(=O)Nc3ccc(SC(F)F)cc3)nnc12. The van der Waals surface area contributed by atoms with Crippen molar-refractivity contribution in [3.8, 4) is 0 Å². The van der Waals surface area contributed by atoms with Gasteiger partial charge in [-0.1, -0.05) is 49.0 Å². The number of hydrogen-bond acceptors (Lipinski definition) is 6. The smallest absolute Gasteiger partial charge is 0.288 e. The Balaban J connectivity index is 1.55. The lowest BCUT2D eigenvalue weighted by molar-refractivity contribution is -0.113. The molecular formula is C22H21F2N5O2S2. The van der Waals surface area contributed by atoms with Crippen LogP contribution in [0.5, 0.6) is 0 Å². The summed E-state index contributed by atoms with van der Waals surface area (Å²) in [6.45, 7) is 2.59. The third-order valence-corrected chi connectivity index (χ3v) is 6.56. The molecule has 0 aliphatic heterocycles. The number of fused-ring (bicyclic) bond motifs is 3. The number of carbonyl (C=O) groups is 1. The van der Waals surface area contributed by atoms with Crippen molar-refractivity contribution in [1.82, 2.24) is 19.2 Å². The molecule has 11 heteroatoms. The highest BCUT2D eigenvalue weighted by atomic mass is 32.2. The zero-order chi connectivity index (χ0) is 23.4. The van der Waals surface area contributed by atoms with Gasteiger partial charge >= 0.3 is 0 Å². The van der Waals surface area contributed by atoms with E-state index in [0.717, 1.165) is 12.8 Å². The number of amides is 1. The van der Waals surface area contributed by atoms with Gasteiger partial charge in [-0.2, -0.15) is 8.78 Å². The van der Waals surface area contributed by atoms with Crippen LogP contribution in [-0.2, 0) is 11.3 Å². The summed E-state index contributed by atoms with van der Waals surface area (Å²) in [7, 11) is 0. The number of carbonyl (C=O) groups excluding carboxylic acids is 1. The number of thioether (sulfide) groups is 2. The van der Waals surface area contributed by atoms with Gasteiger partial charge in [0.25, 0.3) is 11.3 Å². The minimum Gasteiger partial charge on any atom is -0.325 e. The zero-order valence-corrected chi connectivity index (χ0v) is 19.3. The zero-order valence-electron chi connectivity index (χ0n) is 17.7. The summed E-state index contributed by atoms with van der Waals surface area (Å²) in [4.78, 5) is 25.9. The molecule has 0 atom stereocenters. The lowest BCUT2D eigenvalue weighted by Crippen LogP contribution is -2.23. The van der Waals surface area contributed by atoms with Crippen molar-refractivity contribution in [1.29, 1.82) is 0 Å². The molecule has 0 unspecified atom stereocenters. The van der Waals surface area contributed by atoms with Crippen LogP contribution in [0.25, 0.3) is 16.7 Å². The fraction of sp³-hybridized carbons (Fsp3) is 0.273. The molecule has 1 amide bonds. The number of rotatable bonds is 9. The summed E-state index contributed by atoms with van der Waals surface area (Å²) in [6, 6.07) is 13.5. The number of unbranched alkanes of at least 4 members (excludes halogenated alkanes) is 1. The summed E-state index contributed by atoms with van der Waals surface area (Å²) < 4.78 is 28.3. The molecule has 0 saturated carbocycles. The van der Waals surface area contributed by atoms with Gasteiger partial charge in [0.1, 0.15) is 0 Å². The molecule has 0 bridgehead atoms. The number of hydrogen-bond donors (Lipinski definition) is 1. The van der Waals surface area contributed by atoms with Crippen LogP contribution < -0.4 is 10.9 Å². The van der Waals surface area contributed by atoms with Gasteiger partial charge in [0, 0.05) is 17.1 Å². The average molecular weight is 490 g/mol. The molecular weight excluding hydrogens is 468 g/mol. The van der Waals surface area contributed by atoms with Crippen LogP contribution >= 0.6 is 23.5 Å². The normalized spacial score (nSPS) is 11.5. The average Bonchev–Trinajstić information content (AvgIpc) is 3.23. The lowest BCUT2D eigenvalue weighted by Gasteiger charge is -2.11. The standard InChI is InChI=1S/C22H21F2N5O2S2/c1-2-3-12-28-19(31)16-6-4-5-7-17(16)29-21(28)26-27-22(29)32-13-18(30)25-14-8-10-15(11-9-14)33-20(23)24/h4-11,20H,2-3,12-13H2,1H3,(H,25,30). The first-order valence-electron chi connectivity index (χ1n) is 10.3. The Morgan fingerprint density at radius 3 is 2.61 bits per heavy atom. The molecule has 2 heterocycles. The van der Waals surface area contributed by atoms with Gasteiger partial charge in [0.2, 0.25) is 11.7 Å². The molecule has 172 valence electrons. The Morgan fingerprint density at radius 1 is 1.12 bits per heavy atom. The monoisotopic (exact) mass is 489 g/mol. The minimum absolute atomic E-state index is 0.0662. The third-order valence-electron chi connectivity index (χ3n) is 4.91. The fourth-order valence-corrected chi connectivity index (χ4v) is 4.63. The first-order valence-corrected chi connectivity index (χ1v) is 12.2. The van der Waals surface area contributed by atoms with Crippen LogP contribution in [0.2, 0.25) is 0 Å². The Hall–Kier alpha value is -2.92. The van der Waals surface area contributed by atoms with E-state index in [1.165, 1.54) is 23.9 Å². The van der Waals surface area contributed by atoms with Crippen molar-refractivity contribution in [2.45, 2.75) is 42.1 Å². The Morgan fingerprint density at radius 2 is 1.88 bits per heavy atom. The van der Waals surface area contributed by atoms with Crippen molar-refractivity contribution in [2.24, 2.45) is 0 Å². The van der Waals surface area contributed by atoms with Gasteiger partial charge in [-0.15, -0.1) is 10.2 Å². The maximum Gasteiger partial charge on any atom is 0.288 e. The van der Waals surface area contributed by atoms with E-state index in [1.807, 2.05) is 18.2 Å². The number of para-hydroxylation sites is 1. The van der Waals surface area contributed by atoms with Crippen molar-refractivity contribution in [2.75, 3.05) is 11.1 Å². The Bertz CT molecular complexity index is 1340. The molecule has 2 aromatic carbocycles. The molecule has 7 nitrogen and oxygen atoms in total. The van der Waals surface area contributed by atoms with Gasteiger partial charge in [0.05, 0.1) is 16.7 Å². The molecule has 0 saturated heterocycles. The lowest BCUT2D eigenvalue weighted by atomic mass is 10.2. The van der Waals surface area contributed by atoms with Crippen molar-refractivity contribution in [3.63, 3.8) is 0 Å². The van der Waals surface area contributed by atoms with E-state index in [-0.39, 0.29) is 17.2 Å². The number of benzene rings is 2. The molecule has 0 spiro atoms. The van der Waals surface area contributed by atoms with Crippen molar-refractivity contribution in [3.05, 3.63) is 58.9 Å². The van der Waals surface area contributed by atoms with E-state index in [0.29, 0.717) is 50.7 Å². The summed E-state index contributed by atoms with van der Waals surface area (Å²) in [5.41, 5.74) is 1.09. The minimum atomic E-state index is -2.49. The second-order valence-corrected chi connectivity index (χ2v) is 9.19. The Kier molecular flexibility index (Phi) is 7.29. The second-order valence-electron chi connectivity index (χ2n) is 7.19. The maximum absolute atomic E-state index is 13.0. The van der Waals surface area contributed by atoms with E-state index in [9.17, 15) is 18.4 Å². The molecule has 4 rings (SSSR count). The Labute approximate surface area is 196 Å². The molecule has 0 radical (unpaired) electrons. The summed E-state index contributed by atoms with van der Waals surface area (Å²) in [5, 5.41) is 12.3. The number of alkyl halides is 2. The van der Waals surface area contributed by atoms with Gasteiger partial charge in [0.15, 0.2) is 5.16 Å². The highest BCUT2D eigenvalue weighted by molar-refractivity contribution is 8.00. The molecule has 1 N–H and O–H groups in total. The summed E-state index contributed by atoms with van der Waals surface area (Å²) in [5.74, 6) is -2.25. The number of aromatic nitrogens is 4. The van der Waals surface area contributed by atoms with E-state index >= 15 is 0 Å². The highest BCUT2D eigenvalue weighted by Gasteiger charge is 2.17. The topological polar surface area (TPSA) is 81.3 Å². The second kappa shape index (κ2) is 10.3. The number of nitrogens with one attached hydrogen (secondary N) is 1. The quantitative estimate of drug-likeness (QED) is 0.337. The first-order chi connectivity index (χ1) is 16.0. The van der Waals surface area contributed by atoms with Gasteiger partial charge in [-0.3, -0.25) is 18.6 Å². The molecule has 0 fully saturated rings. The van der Waals surface area contributed by atoms with Crippen LogP contribution in [0.15, 0.2) is 63.4 Å². The van der Waals surface area contributed by atoms with Crippen molar-refractivity contribution < 1.29 is 13.6 Å². The van der Waals surface area contributed by atoms with Crippen LogP contribution in [0, 0.1) is 0 Å². The molecule has 4 aromatic rings. The van der Waals surface area contributed by atoms with E-state index in [4.69, 9.17) is 0 Å². The predicted molar refractivity (Wildman–Crippen MR) is 127 cm³/mol. The van der Waals surface area contributed by atoms with E-state index in [1.54, 1.807) is 27.2 Å². The first kappa shape index (κ1) is 23.2. The molecule has 2 aromatic heterocycles. The molecule has 0 aliphatic carbocycles. The fourth-order valence-electron chi connectivity index (χ4n) is 3.39. The van der Waals surface area contributed by atoms with Gasteiger partial charge in [-0.05, 0) is 42.8 Å². The number of halogens is 2. The highest BCUT2D eigenvalue weighted by Crippen LogP contribution is 2.26. The maximum atomic E-state index is 13.0. The van der Waals surface area contributed by atoms with Crippen molar-refractivity contribution >= 4 is 51.8 Å². The molecule has 0 aliphatic rings. The van der Waals surface area contributed by atoms with E-state index in [2.05, 4.69) is 22.4 Å². The predicted octanol–water partition coefficient (Wildman–Crippen LogP) is 4.89. The molecule has 33 heavy (non-hydrogen) atoms. The number of aryl methyl sites for hydroxylation is 1. The summed E-state index contributed by atoms with van der Waals surface area (Å²) in [6.07, 6.45) is 1.77. The van der Waals surface area contributed by atoms with Gasteiger partial charge < -0.3 is 5.32 Å². The van der Waals surface area contributed by atoms with E-state index < -0.39 is 5.76 Å². The van der Waals surface area contributed by atoms with Crippen LogP contribution in [0.4, 0.5) is 14.5 Å². The van der Waals surface area contributed by atoms with Crippen LogP contribution in [0.1, 0.15) is 19.8 Å². The van der Waals surface area contributed by atoms with Crippen LogP contribution in [0.3, 0.4) is 0 Å². The third kappa shape index (κ3) is 5.19. The van der Waals surface area contributed by atoms with Gasteiger partial charge in [-0.25, -0.2) is 0 Å². The van der Waals surface area contributed by atoms with Crippen LogP contribution in [-0.4, -0.2) is 36.6 Å².